The molecule has 0 aromatic carbocycles. The molecule has 72 heavy (non-hydrogen) atoms. The van der Waals surface area contributed by atoms with Crippen LogP contribution in [0.4, 0.5) is 0 Å². The largest absolute Gasteiger partial charge is 0.459 e. The summed E-state index contributed by atoms with van der Waals surface area (Å²) in [6.45, 7) is 11.7. The fraction of sp³-hybridized carbons (Fsp3) is 0.909. The minimum Gasteiger partial charge on any atom is -0.459 e. The van der Waals surface area contributed by atoms with Crippen LogP contribution in [-0.2, 0) is 66.4 Å². The number of hydrogen-bond acceptors (Lipinski definition) is 16. The lowest BCUT2D eigenvalue weighted by Gasteiger charge is -2.53. The molecule has 0 aromatic heterocycles. The van der Waals surface area contributed by atoms with Gasteiger partial charge >= 0.3 is 5.97 Å². The van der Waals surface area contributed by atoms with E-state index < -0.39 is 36.0 Å². The SMILES string of the molecule is C=C1C[C@@H]2CC[C@]34CC[C@H](O3)[C@@H]3O[C@H]5CC[C@H](CC(=O)O[C@@H]6CC7OC8C[C@H](C[C@@H]9O[C@@]%10(CC[C@@H]9O)C[C@H](C)[C@@H]9O[C@H](CN)CC[C@@H]9O%10)O[C@@H]8C[C@@H]7O[C@H]6C[C@H]6O[C@H](CCC6=C)CC[C@@H]1O2)O[C@@H]5[C@H](O4)C3I. The summed E-state index contributed by atoms with van der Waals surface area (Å²) >= 11 is 2.49. The van der Waals surface area contributed by atoms with Gasteiger partial charge in [-0.1, -0.05) is 42.7 Å². The van der Waals surface area contributed by atoms with Crippen LogP contribution in [0.5, 0.6) is 0 Å². The monoisotopic (exact) mass is 1120 g/mol. The summed E-state index contributed by atoms with van der Waals surface area (Å²) < 4.78 is 88.7. The molecule has 0 amide bonds. The van der Waals surface area contributed by atoms with E-state index >= 15 is 0 Å². The predicted molar refractivity (Wildman–Crippen MR) is 266 cm³/mol. The molecule has 13 rings (SSSR count). The molecule has 3 N–H and O–H groups in total. The van der Waals surface area contributed by atoms with Crippen molar-refractivity contribution in [3.05, 3.63) is 24.3 Å². The smallest absolute Gasteiger partial charge is 0.308 e. The van der Waals surface area contributed by atoms with E-state index in [1.165, 1.54) is 0 Å². The zero-order valence-corrected chi connectivity index (χ0v) is 44.3. The summed E-state index contributed by atoms with van der Waals surface area (Å²) in [6.07, 6.45) is 11.4. The number of fused-ring (bicyclic) bond motifs is 12. The summed E-state index contributed by atoms with van der Waals surface area (Å²) in [5, 5.41) is 11.4. The quantitative estimate of drug-likeness (QED) is 0.135. The molecule has 13 aliphatic rings. The van der Waals surface area contributed by atoms with E-state index in [-0.39, 0.29) is 132 Å². The zero-order valence-electron chi connectivity index (χ0n) is 42.2. The van der Waals surface area contributed by atoms with Crippen molar-refractivity contribution < 1.29 is 71.5 Å². The first-order chi connectivity index (χ1) is 34.8. The average Bonchev–Trinajstić information content (AvgIpc) is 4.07. The lowest BCUT2D eigenvalue weighted by atomic mass is 9.81. The summed E-state index contributed by atoms with van der Waals surface area (Å²) in [7, 11) is 0. The van der Waals surface area contributed by atoms with Gasteiger partial charge in [-0.3, -0.25) is 4.79 Å². The van der Waals surface area contributed by atoms with E-state index in [4.69, 9.17) is 67.3 Å². The van der Waals surface area contributed by atoms with Crippen molar-refractivity contribution in [2.45, 2.75) is 298 Å². The van der Waals surface area contributed by atoms with Crippen molar-refractivity contribution in [3.63, 3.8) is 0 Å². The number of carbonyl (C=O) groups is 1. The fourth-order valence-electron chi connectivity index (χ4n) is 15.7. The maximum Gasteiger partial charge on any atom is 0.308 e. The van der Waals surface area contributed by atoms with Gasteiger partial charge in [-0.05, 0) is 94.1 Å². The van der Waals surface area contributed by atoms with Crippen LogP contribution in [-0.4, -0.2) is 167 Å². The molecule has 3 unspecified atom stereocenters. The van der Waals surface area contributed by atoms with Gasteiger partial charge in [0.05, 0.1) is 126 Å². The molecule has 0 aliphatic carbocycles. The number of esters is 1. The number of hydrogen-bond donors (Lipinski definition) is 2. The highest BCUT2D eigenvalue weighted by Crippen LogP contribution is 2.52. The standard InChI is InChI=1S/C55H80INO15/c1-27-4-5-30-6-9-36-28(2)18-32(61-36)12-15-54-17-14-39(69-54)51-49(56)53(72-54)52-37(68-51)10-7-31(63-52)21-48(59)67-47-24-46-45(66-44(47)22-40(27)60-30)23-43-42(65-46)20-34(62-43)19-41-35(58)13-16-55(71-41)25-29(3)50-38(70-55)11-8-33(26-57)64-50/h29-47,49-53,58H,1-2,4-26,57H2,3H3/t29-,30+,31+,32-,33-,34-,35-,36-,37-,38-,39-,40+,41-,42?,43+,44-,45-,46?,47+,49?,50-,51-,52-,53+,54-,55-/m0/s1. The Balaban J connectivity index is 0.700. The van der Waals surface area contributed by atoms with Crippen LogP contribution in [0.2, 0.25) is 0 Å². The van der Waals surface area contributed by atoms with Gasteiger partial charge in [0, 0.05) is 64.3 Å². The Labute approximate surface area is 438 Å². The van der Waals surface area contributed by atoms with Crippen LogP contribution >= 0.6 is 22.6 Å². The first-order valence-corrected chi connectivity index (χ1v) is 29.6. The molecule has 0 aromatic rings. The minimum atomic E-state index is -0.752. The predicted octanol–water partition coefficient (Wildman–Crippen LogP) is 6.49. The Kier molecular flexibility index (Phi) is 14.3. The molecule has 2 spiro atoms. The van der Waals surface area contributed by atoms with Gasteiger partial charge in [0.25, 0.3) is 0 Å². The fourth-order valence-corrected chi connectivity index (χ4v) is 16.9. The number of rotatable bonds is 3. The minimum absolute atomic E-state index is 0.00315. The van der Waals surface area contributed by atoms with E-state index in [2.05, 4.69) is 42.7 Å². The highest BCUT2D eigenvalue weighted by atomic mass is 127. The number of aliphatic hydroxyl groups excluding tert-OH is 1. The molecule has 16 nitrogen and oxygen atoms in total. The van der Waals surface area contributed by atoms with E-state index in [1.807, 2.05) is 0 Å². The molecular weight excluding hydrogens is 1040 g/mol. The van der Waals surface area contributed by atoms with Crippen molar-refractivity contribution in [2.75, 3.05) is 6.54 Å². The van der Waals surface area contributed by atoms with Crippen molar-refractivity contribution in [1.82, 2.24) is 0 Å². The lowest BCUT2D eigenvalue weighted by molar-refractivity contribution is -0.364. The Bertz CT molecular complexity index is 2020. The summed E-state index contributed by atoms with van der Waals surface area (Å²) in [5.41, 5.74) is 8.18. The van der Waals surface area contributed by atoms with Gasteiger partial charge in [0.15, 0.2) is 11.6 Å². The first kappa shape index (κ1) is 50.6. The number of carbonyl (C=O) groups excluding carboxylic acids is 1. The molecule has 402 valence electrons. The van der Waals surface area contributed by atoms with E-state index in [9.17, 15) is 9.90 Å². The van der Waals surface area contributed by atoms with Gasteiger partial charge in [-0.25, -0.2) is 0 Å². The zero-order chi connectivity index (χ0) is 49.0. The van der Waals surface area contributed by atoms with Gasteiger partial charge in [-0.2, -0.15) is 0 Å². The summed E-state index contributed by atoms with van der Waals surface area (Å²) in [4.78, 5) is 14.3. The number of nitrogens with two attached hydrogens (primary N) is 1. The molecule has 0 radical (unpaired) electrons. The first-order valence-electron chi connectivity index (χ1n) is 28.4. The van der Waals surface area contributed by atoms with E-state index in [0.29, 0.717) is 64.3 Å². The molecule has 13 aliphatic heterocycles. The molecule has 0 saturated carbocycles. The Morgan fingerprint density at radius 2 is 1.28 bits per heavy atom. The second-order valence-corrected chi connectivity index (χ2v) is 25.9. The summed E-state index contributed by atoms with van der Waals surface area (Å²) in [5.74, 6) is -1.54. The Hall–Kier alpha value is -0.880. The molecular formula is C55H80INO15. The molecule has 13 heterocycles. The van der Waals surface area contributed by atoms with Crippen molar-refractivity contribution >= 4 is 28.6 Å². The topological polar surface area (TPSA) is 183 Å². The molecule has 26 atom stereocenters. The van der Waals surface area contributed by atoms with Crippen LogP contribution in [0.3, 0.4) is 0 Å². The van der Waals surface area contributed by atoms with Crippen LogP contribution in [0.15, 0.2) is 24.3 Å². The second kappa shape index (κ2) is 20.4. The number of aliphatic hydroxyl groups is 1. The van der Waals surface area contributed by atoms with Gasteiger partial charge < -0.3 is 72.4 Å². The molecule has 13 saturated heterocycles. The van der Waals surface area contributed by atoms with Crippen molar-refractivity contribution in [3.8, 4) is 0 Å². The molecule has 10 bridgehead atoms. The number of halogens is 1. The van der Waals surface area contributed by atoms with E-state index in [0.717, 1.165) is 88.2 Å². The Morgan fingerprint density at radius 3 is 2.14 bits per heavy atom. The lowest BCUT2D eigenvalue weighted by Crippen LogP contribution is -2.62. The third-order valence-electron chi connectivity index (χ3n) is 19.4. The maximum atomic E-state index is 14.3. The van der Waals surface area contributed by atoms with Crippen LogP contribution < -0.4 is 5.73 Å². The van der Waals surface area contributed by atoms with E-state index in [1.54, 1.807) is 0 Å². The maximum absolute atomic E-state index is 14.3. The number of alkyl halides is 1. The molecule has 13 fully saturated rings. The van der Waals surface area contributed by atoms with Gasteiger partial charge in [0.1, 0.15) is 18.3 Å². The normalized spacial score (nSPS) is 54.6. The molecule has 17 heteroatoms. The van der Waals surface area contributed by atoms with Crippen LogP contribution in [0.1, 0.15) is 148 Å². The third kappa shape index (κ3) is 9.89. The van der Waals surface area contributed by atoms with Gasteiger partial charge in [0.2, 0.25) is 0 Å². The van der Waals surface area contributed by atoms with Gasteiger partial charge in [-0.15, -0.1) is 0 Å². The van der Waals surface area contributed by atoms with Crippen LogP contribution in [0.25, 0.3) is 0 Å². The number of ether oxygens (including phenoxy) is 13. The average molecular weight is 1120 g/mol. The second-order valence-electron chi connectivity index (χ2n) is 24.4. The van der Waals surface area contributed by atoms with Crippen molar-refractivity contribution in [2.24, 2.45) is 11.7 Å². The summed E-state index contributed by atoms with van der Waals surface area (Å²) in [6, 6.07) is 0. The van der Waals surface area contributed by atoms with Crippen molar-refractivity contribution in [1.29, 1.82) is 0 Å². The highest BCUT2D eigenvalue weighted by molar-refractivity contribution is 14.1. The van der Waals surface area contributed by atoms with Crippen LogP contribution in [0, 0.1) is 5.92 Å². The third-order valence-corrected chi connectivity index (χ3v) is 20.9. The Morgan fingerprint density at radius 1 is 0.569 bits per heavy atom. The highest BCUT2D eigenvalue weighted by Gasteiger charge is 2.61.